The summed E-state index contributed by atoms with van der Waals surface area (Å²) in [5, 5.41) is 0. The van der Waals surface area contributed by atoms with Crippen LogP contribution in [-0.2, 0) is 11.2 Å². The van der Waals surface area contributed by atoms with Gasteiger partial charge in [0.1, 0.15) is 0 Å². The van der Waals surface area contributed by atoms with Crippen molar-refractivity contribution in [2.24, 2.45) is 5.41 Å². The summed E-state index contributed by atoms with van der Waals surface area (Å²) in [7, 11) is 0. The average molecular weight is 190 g/mol. The molecular weight excluding hydrogens is 172 g/mol. The molecule has 2 atom stereocenters. The zero-order chi connectivity index (χ0) is 10.2. The van der Waals surface area contributed by atoms with Crippen molar-refractivity contribution in [1.82, 2.24) is 0 Å². The second-order valence-corrected chi connectivity index (χ2v) is 5.15. The van der Waals surface area contributed by atoms with Gasteiger partial charge in [-0.05, 0) is 11.0 Å². The summed E-state index contributed by atoms with van der Waals surface area (Å²) in [6, 6.07) is 10.6. The van der Waals surface area contributed by atoms with Crippen molar-refractivity contribution in [1.29, 1.82) is 0 Å². The normalized spacial score (nSPS) is 26.2. The van der Waals surface area contributed by atoms with Crippen LogP contribution in [0.2, 0.25) is 0 Å². The first-order valence-electron chi connectivity index (χ1n) is 5.27. The molecule has 1 heterocycles. The quantitative estimate of drug-likeness (QED) is 0.653. The lowest BCUT2D eigenvalue weighted by Gasteiger charge is -2.14. The van der Waals surface area contributed by atoms with Crippen molar-refractivity contribution in [3.05, 3.63) is 35.9 Å². The van der Waals surface area contributed by atoms with E-state index in [2.05, 4.69) is 51.1 Å². The van der Waals surface area contributed by atoms with E-state index in [0.717, 1.165) is 6.42 Å². The third-order valence-corrected chi connectivity index (χ3v) is 2.72. The van der Waals surface area contributed by atoms with Crippen molar-refractivity contribution in [2.45, 2.75) is 39.4 Å². The van der Waals surface area contributed by atoms with Gasteiger partial charge < -0.3 is 4.74 Å². The van der Waals surface area contributed by atoms with Gasteiger partial charge in [-0.15, -0.1) is 0 Å². The number of rotatable bonds is 2. The second kappa shape index (κ2) is 3.39. The lowest BCUT2D eigenvalue weighted by Crippen LogP contribution is -2.17. The van der Waals surface area contributed by atoms with Gasteiger partial charge in [-0.3, -0.25) is 0 Å². The Kier molecular flexibility index (Phi) is 2.36. The highest BCUT2D eigenvalue weighted by molar-refractivity contribution is 5.17. The van der Waals surface area contributed by atoms with Gasteiger partial charge in [0, 0.05) is 6.42 Å². The van der Waals surface area contributed by atoms with E-state index < -0.39 is 0 Å². The molecule has 1 aliphatic heterocycles. The Morgan fingerprint density at radius 2 is 1.79 bits per heavy atom. The van der Waals surface area contributed by atoms with E-state index in [-0.39, 0.29) is 0 Å². The van der Waals surface area contributed by atoms with Gasteiger partial charge in [-0.1, -0.05) is 51.1 Å². The molecule has 0 aliphatic carbocycles. The van der Waals surface area contributed by atoms with Gasteiger partial charge >= 0.3 is 0 Å². The highest BCUT2D eigenvalue weighted by atomic mass is 16.6. The first-order chi connectivity index (χ1) is 6.57. The summed E-state index contributed by atoms with van der Waals surface area (Å²) in [6.07, 6.45) is 1.95. The Labute approximate surface area is 86.1 Å². The molecule has 1 aliphatic rings. The maximum absolute atomic E-state index is 5.69. The third kappa shape index (κ3) is 2.16. The van der Waals surface area contributed by atoms with Gasteiger partial charge in [-0.25, -0.2) is 0 Å². The molecule has 0 spiro atoms. The van der Waals surface area contributed by atoms with Crippen molar-refractivity contribution in [3.8, 4) is 0 Å². The van der Waals surface area contributed by atoms with Gasteiger partial charge in [0.25, 0.3) is 0 Å². The predicted molar refractivity (Wildman–Crippen MR) is 58.3 cm³/mol. The monoisotopic (exact) mass is 190 g/mol. The molecular formula is C13H18O. The topological polar surface area (TPSA) is 12.5 Å². The molecule has 1 saturated heterocycles. The minimum atomic E-state index is 0.291. The molecule has 0 radical (unpaired) electrons. The van der Waals surface area contributed by atoms with Gasteiger partial charge in [0.15, 0.2) is 0 Å². The molecule has 2 unspecified atom stereocenters. The summed E-state index contributed by atoms with van der Waals surface area (Å²) in [5.74, 6) is 0. The number of hydrogen-bond acceptors (Lipinski definition) is 1. The number of benzene rings is 1. The molecule has 1 nitrogen and oxygen atoms in total. The van der Waals surface area contributed by atoms with Crippen molar-refractivity contribution >= 4 is 0 Å². The standard InChI is InChI=1S/C13H18O/c1-13(2,3)12-11(14-12)9-10-7-5-4-6-8-10/h4-8,11-12H,9H2,1-3H3. The van der Waals surface area contributed by atoms with Crippen LogP contribution < -0.4 is 0 Å². The first kappa shape index (κ1) is 9.72. The van der Waals surface area contributed by atoms with E-state index in [9.17, 15) is 0 Å². The minimum absolute atomic E-state index is 0.291. The van der Waals surface area contributed by atoms with Crippen LogP contribution >= 0.6 is 0 Å². The van der Waals surface area contributed by atoms with E-state index in [1.54, 1.807) is 0 Å². The van der Waals surface area contributed by atoms with E-state index in [0.29, 0.717) is 17.6 Å². The molecule has 1 aromatic rings. The molecule has 1 aromatic carbocycles. The van der Waals surface area contributed by atoms with Crippen LogP contribution in [-0.4, -0.2) is 12.2 Å². The number of epoxide rings is 1. The zero-order valence-electron chi connectivity index (χ0n) is 9.16. The van der Waals surface area contributed by atoms with Crippen LogP contribution in [0.4, 0.5) is 0 Å². The summed E-state index contributed by atoms with van der Waals surface area (Å²) < 4.78 is 5.69. The van der Waals surface area contributed by atoms with E-state index in [4.69, 9.17) is 4.74 Å². The molecule has 1 heteroatoms. The average Bonchev–Trinajstić information content (AvgIpc) is 2.85. The lowest BCUT2D eigenvalue weighted by molar-refractivity contribution is 0.261. The first-order valence-corrected chi connectivity index (χ1v) is 5.27. The number of hydrogen-bond donors (Lipinski definition) is 0. The van der Waals surface area contributed by atoms with Crippen molar-refractivity contribution < 1.29 is 4.74 Å². The van der Waals surface area contributed by atoms with Crippen LogP contribution in [0.15, 0.2) is 30.3 Å². The molecule has 14 heavy (non-hydrogen) atoms. The lowest BCUT2D eigenvalue weighted by atomic mass is 9.89. The SMILES string of the molecule is CC(C)(C)C1OC1Cc1ccccc1. The fourth-order valence-corrected chi connectivity index (χ4v) is 1.91. The molecule has 1 fully saturated rings. The summed E-state index contributed by atoms with van der Waals surface area (Å²) >= 11 is 0. The largest absolute Gasteiger partial charge is 0.369 e. The Hall–Kier alpha value is -0.820. The number of ether oxygens (including phenoxy) is 1. The van der Waals surface area contributed by atoms with Crippen molar-refractivity contribution in [2.75, 3.05) is 0 Å². The molecule has 2 rings (SSSR count). The summed E-state index contributed by atoms with van der Waals surface area (Å²) in [5.41, 5.74) is 1.67. The third-order valence-electron chi connectivity index (χ3n) is 2.72. The summed E-state index contributed by atoms with van der Waals surface area (Å²) in [4.78, 5) is 0. The Morgan fingerprint density at radius 3 is 2.29 bits per heavy atom. The molecule has 0 saturated carbocycles. The maximum atomic E-state index is 5.69. The highest BCUT2D eigenvalue weighted by Crippen LogP contribution is 2.39. The smallest absolute Gasteiger partial charge is 0.0893 e. The van der Waals surface area contributed by atoms with E-state index in [1.165, 1.54) is 5.56 Å². The Morgan fingerprint density at radius 1 is 1.14 bits per heavy atom. The maximum Gasteiger partial charge on any atom is 0.0893 e. The van der Waals surface area contributed by atoms with Gasteiger partial charge in [0.2, 0.25) is 0 Å². The zero-order valence-corrected chi connectivity index (χ0v) is 9.16. The second-order valence-electron chi connectivity index (χ2n) is 5.15. The Balaban J connectivity index is 1.91. The predicted octanol–water partition coefficient (Wildman–Crippen LogP) is 3.04. The molecule has 0 N–H and O–H groups in total. The molecule has 76 valence electrons. The van der Waals surface area contributed by atoms with Crippen LogP contribution in [0.5, 0.6) is 0 Å². The van der Waals surface area contributed by atoms with Crippen LogP contribution in [0.1, 0.15) is 26.3 Å². The van der Waals surface area contributed by atoms with Crippen LogP contribution in [0.25, 0.3) is 0 Å². The molecule has 0 aromatic heterocycles. The fourth-order valence-electron chi connectivity index (χ4n) is 1.91. The van der Waals surface area contributed by atoms with E-state index in [1.807, 2.05) is 0 Å². The Bertz CT molecular complexity index is 297. The van der Waals surface area contributed by atoms with Crippen LogP contribution in [0, 0.1) is 5.41 Å². The van der Waals surface area contributed by atoms with E-state index >= 15 is 0 Å². The van der Waals surface area contributed by atoms with Crippen molar-refractivity contribution in [3.63, 3.8) is 0 Å². The van der Waals surface area contributed by atoms with Gasteiger partial charge in [-0.2, -0.15) is 0 Å². The fraction of sp³-hybridized carbons (Fsp3) is 0.538. The summed E-state index contributed by atoms with van der Waals surface area (Å²) in [6.45, 7) is 6.72. The minimum Gasteiger partial charge on any atom is -0.369 e. The molecule has 0 bridgehead atoms. The molecule has 0 amide bonds. The highest BCUT2D eigenvalue weighted by Gasteiger charge is 2.46. The van der Waals surface area contributed by atoms with Gasteiger partial charge in [0.05, 0.1) is 12.2 Å². The van der Waals surface area contributed by atoms with Crippen LogP contribution in [0.3, 0.4) is 0 Å².